The molecular formula is C16H28N2. The Morgan fingerprint density at radius 2 is 1.83 bits per heavy atom. The smallest absolute Gasteiger partial charge is 0.0416 e. The third kappa shape index (κ3) is 3.26. The van der Waals surface area contributed by atoms with Gasteiger partial charge in [0.05, 0.1) is 0 Å². The van der Waals surface area contributed by atoms with E-state index in [4.69, 9.17) is 0 Å². The van der Waals surface area contributed by atoms with Crippen molar-refractivity contribution in [3.8, 4) is 0 Å². The van der Waals surface area contributed by atoms with Gasteiger partial charge in [0.25, 0.3) is 0 Å². The van der Waals surface area contributed by atoms with Crippen molar-refractivity contribution in [2.45, 2.75) is 52.6 Å². The molecule has 1 aromatic rings. The largest absolute Gasteiger partial charge is 0.369 e. The van der Waals surface area contributed by atoms with Crippen LogP contribution in [0.2, 0.25) is 0 Å². The monoisotopic (exact) mass is 248 g/mol. The first kappa shape index (κ1) is 15.0. The molecule has 1 aromatic carbocycles. The van der Waals surface area contributed by atoms with Crippen molar-refractivity contribution in [1.29, 1.82) is 0 Å². The third-order valence-corrected chi connectivity index (χ3v) is 4.05. The first-order valence-corrected chi connectivity index (χ1v) is 7.00. The van der Waals surface area contributed by atoms with E-state index >= 15 is 0 Å². The Morgan fingerprint density at radius 3 is 2.39 bits per heavy atom. The second kappa shape index (κ2) is 6.24. The zero-order valence-electron chi connectivity index (χ0n) is 12.7. The number of para-hydroxylation sites is 1. The summed E-state index contributed by atoms with van der Waals surface area (Å²) in [5, 5.41) is 3.50. The van der Waals surface area contributed by atoms with E-state index in [9.17, 15) is 0 Å². The highest BCUT2D eigenvalue weighted by atomic mass is 15.2. The maximum Gasteiger partial charge on any atom is 0.0416 e. The Kier molecular flexibility index (Phi) is 5.21. The Bertz CT molecular complexity index is 371. The second-order valence-corrected chi connectivity index (χ2v) is 5.56. The summed E-state index contributed by atoms with van der Waals surface area (Å²) in [7, 11) is 2.20. The minimum absolute atomic E-state index is 0.183. The molecule has 2 heteroatoms. The molecule has 1 unspecified atom stereocenters. The van der Waals surface area contributed by atoms with E-state index in [2.05, 4.69) is 76.1 Å². The van der Waals surface area contributed by atoms with E-state index < -0.39 is 0 Å². The van der Waals surface area contributed by atoms with Crippen molar-refractivity contribution in [3.63, 3.8) is 0 Å². The highest BCUT2D eigenvalue weighted by molar-refractivity contribution is 5.56. The average Bonchev–Trinajstić information content (AvgIpc) is 2.38. The number of rotatable bonds is 6. The van der Waals surface area contributed by atoms with Crippen molar-refractivity contribution in [1.82, 2.24) is 5.32 Å². The van der Waals surface area contributed by atoms with Crippen molar-refractivity contribution in [2.24, 2.45) is 0 Å². The van der Waals surface area contributed by atoms with E-state index in [-0.39, 0.29) is 5.54 Å². The number of anilines is 1. The lowest BCUT2D eigenvalue weighted by Gasteiger charge is -2.38. The van der Waals surface area contributed by atoms with Gasteiger partial charge < -0.3 is 10.2 Å². The maximum atomic E-state index is 3.50. The van der Waals surface area contributed by atoms with Gasteiger partial charge in [0, 0.05) is 24.3 Å². The molecule has 0 radical (unpaired) electrons. The van der Waals surface area contributed by atoms with Gasteiger partial charge >= 0.3 is 0 Å². The van der Waals surface area contributed by atoms with Crippen LogP contribution in [0.1, 0.15) is 52.6 Å². The van der Waals surface area contributed by atoms with E-state index in [1.165, 1.54) is 11.3 Å². The summed E-state index contributed by atoms with van der Waals surface area (Å²) in [6, 6.07) is 9.09. The van der Waals surface area contributed by atoms with Crippen LogP contribution in [0.4, 0.5) is 5.69 Å². The Morgan fingerprint density at radius 1 is 1.22 bits per heavy atom. The topological polar surface area (TPSA) is 15.3 Å². The maximum absolute atomic E-state index is 3.50. The van der Waals surface area contributed by atoms with Crippen LogP contribution in [0.15, 0.2) is 24.3 Å². The van der Waals surface area contributed by atoms with Gasteiger partial charge in [-0.2, -0.15) is 0 Å². The van der Waals surface area contributed by atoms with Crippen LogP contribution in [-0.2, 0) is 0 Å². The molecule has 102 valence electrons. The van der Waals surface area contributed by atoms with Gasteiger partial charge in [-0.05, 0) is 45.4 Å². The number of benzene rings is 1. The molecule has 0 fully saturated rings. The number of nitrogens with one attached hydrogen (secondary N) is 1. The van der Waals surface area contributed by atoms with E-state index in [0.29, 0.717) is 6.04 Å². The lowest BCUT2D eigenvalue weighted by molar-refractivity contribution is 0.467. The lowest BCUT2D eigenvalue weighted by atomic mass is 9.96. The van der Waals surface area contributed by atoms with Crippen LogP contribution in [0.3, 0.4) is 0 Å². The van der Waals surface area contributed by atoms with Crippen LogP contribution in [0.25, 0.3) is 0 Å². The molecule has 0 aromatic heterocycles. The molecular weight excluding hydrogens is 220 g/mol. The van der Waals surface area contributed by atoms with Crippen molar-refractivity contribution < 1.29 is 0 Å². The van der Waals surface area contributed by atoms with E-state index in [1.807, 2.05) is 0 Å². The van der Waals surface area contributed by atoms with Crippen LogP contribution < -0.4 is 10.2 Å². The lowest BCUT2D eigenvalue weighted by Crippen LogP contribution is -2.41. The van der Waals surface area contributed by atoms with Gasteiger partial charge in [-0.15, -0.1) is 0 Å². The van der Waals surface area contributed by atoms with Gasteiger partial charge in [-0.25, -0.2) is 0 Å². The molecule has 18 heavy (non-hydrogen) atoms. The molecule has 1 N–H and O–H groups in total. The van der Waals surface area contributed by atoms with Gasteiger partial charge in [0.2, 0.25) is 0 Å². The quantitative estimate of drug-likeness (QED) is 0.819. The standard InChI is InChI=1S/C16H28N2/c1-7-16(4,5)18(6)15-12-10-9-11-14(15)13(3)17-8-2/h9-13,17H,7-8H2,1-6H3. The molecule has 1 rings (SSSR count). The fourth-order valence-corrected chi connectivity index (χ4v) is 2.14. The average molecular weight is 248 g/mol. The highest BCUT2D eigenvalue weighted by Crippen LogP contribution is 2.31. The fourth-order valence-electron chi connectivity index (χ4n) is 2.14. The Hall–Kier alpha value is -1.02. The third-order valence-electron chi connectivity index (χ3n) is 4.05. The number of nitrogens with zero attached hydrogens (tertiary/aromatic N) is 1. The summed E-state index contributed by atoms with van der Waals surface area (Å²) in [5.74, 6) is 0. The first-order valence-electron chi connectivity index (χ1n) is 7.00. The van der Waals surface area contributed by atoms with Crippen molar-refractivity contribution >= 4 is 5.69 Å². The van der Waals surface area contributed by atoms with Gasteiger partial charge in [-0.1, -0.05) is 32.0 Å². The molecule has 0 aliphatic carbocycles. The van der Waals surface area contributed by atoms with Gasteiger partial charge in [-0.3, -0.25) is 0 Å². The van der Waals surface area contributed by atoms with E-state index in [1.54, 1.807) is 0 Å². The van der Waals surface area contributed by atoms with E-state index in [0.717, 1.165) is 13.0 Å². The van der Waals surface area contributed by atoms with Crippen molar-refractivity contribution in [3.05, 3.63) is 29.8 Å². The SMILES string of the molecule is CCNC(C)c1ccccc1N(C)C(C)(C)CC. The predicted molar refractivity (Wildman–Crippen MR) is 81.3 cm³/mol. The van der Waals surface area contributed by atoms with Crippen LogP contribution in [-0.4, -0.2) is 19.1 Å². The molecule has 2 nitrogen and oxygen atoms in total. The minimum atomic E-state index is 0.183. The van der Waals surface area contributed by atoms with Crippen LogP contribution in [0, 0.1) is 0 Å². The zero-order chi connectivity index (χ0) is 13.8. The molecule has 0 spiro atoms. The molecule has 0 bridgehead atoms. The van der Waals surface area contributed by atoms with Crippen LogP contribution in [0.5, 0.6) is 0 Å². The minimum Gasteiger partial charge on any atom is -0.369 e. The van der Waals surface area contributed by atoms with Crippen molar-refractivity contribution in [2.75, 3.05) is 18.5 Å². The molecule has 0 aliphatic heterocycles. The summed E-state index contributed by atoms with van der Waals surface area (Å²) in [4.78, 5) is 2.40. The molecule has 0 aliphatic rings. The zero-order valence-corrected chi connectivity index (χ0v) is 12.7. The molecule has 0 heterocycles. The summed E-state index contributed by atoms with van der Waals surface area (Å²) in [5.41, 5.74) is 2.89. The molecule has 0 amide bonds. The summed E-state index contributed by atoms with van der Waals surface area (Å²) >= 11 is 0. The normalized spacial score (nSPS) is 13.4. The molecule has 1 atom stereocenters. The second-order valence-electron chi connectivity index (χ2n) is 5.56. The summed E-state index contributed by atoms with van der Waals surface area (Å²) in [6.45, 7) is 12.2. The number of hydrogen-bond donors (Lipinski definition) is 1. The van der Waals surface area contributed by atoms with Crippen LogP contribution >= 0.6 is 0 Å². The molecule has 0 saturated carbocycles. The first-order chi connectivity index (χ1) is 8.44. The van der Waals surface area contributed by atoms with Gasteiger partial charge in [0.15, 0.2) is 0 Å². The summed E-state index contributed by atoms with van der Waals surface area (Å²) in [6.07, 6.45) is 1.13. The highest BCUT2D eigenvalue weighted by Gasteiger charge is 2.24. The predicted octanol–water partition coefficient (Wildman–Crippen LogP) is 3.98. The van der Waals surface area contributed by atoms with Gasteiger partial charge in [0.1, 0.15) is 0 Å². The Labute approximate surface area is 112 Å². The Balaban J connectivity index is 3.09. The molecule has 0 saturated heterocycles. The fraction of sp³-hybridized carbons (Fsp3) is 0.625. The number of hydrogen-bond acceptors (Lipinski definition) is 2. The summed E-state index contributed by atoms with van der Waals surface area (Å²) < 4.78 is 0.